The highest BCUT2D eigenvalue weighted by atomic mass is 16.6. The molecular weight excluding hydrogens is 486 g/mol. The number of ether oxygens (including phenoxy) is 3. The van der Waals surface area contributed by atoms with Gasteiger partial charge in [0.05, 0.1) is 26.1 Å². The molecule has 1 heterocycles. The number of methoxy groups -OCH3 is 2. The summed E-state index contributed by atoms with van der Waals surface area (Å²) in [6.45, 7) is 6.44. The molecule has 9 heteroatoms. The van der Waals surface area contributed by atoms with Crippen LogP contribution in [0.5, 0.6) is 11.5 Å². The Morgan fingerprint density at radius 1 is 0.763 bits per heavy atom. The van der Waals surface area contributed by atoms with E-state index in [1.807, 2.05) is 48.5 Å². The SMILES string of the molecule is COc1ccc(CCNC(=O)C2CN(C(=O)OC(C)(C)C)CC2C(=O)NCCc2ccc(OC)cc2)cc1. The average molecular weight is 526 g/mol. The Morgan fingerprint density at radius 2 is 1.16 bits per heavy atom. The molecule has 38 heavy (non-hydrogen) atoms. The third-order valence-corrected chi connectivity index (χ3v) is 6.39. The van der Waals surface area contributed by atoms with Gasteiger partial charge in [-0.2, -0.15) is 0 Å². The van der Waals surface area contributed by atoms with E-state index < -0.39 is 23.5 Å². The fourth-order valence-corrected chi connectivity index (χ4v) is 4.32. The van der Waals surface area contributed by atoms with Crippen molar-refractivity contribution in [3.8, 4) is 11.5 Å². The normalized spacial score (nSPS) is 17.0. The molecule has 1 aliphatic rings. The monoisotopic (exact) mass is 525 g/mol. The van der Waals surface area contributed by atoms with E-state index in [1.165, 1.54) is 4.90 Å². The summed E-state index contributed by atoms with van der Waals surface area (Å²) in [4.78, 5) is 40.5. The lowest BCUT2D eigenvalue weighted by molar-refractivity contribution is -0.132. The largest absolute Gasteiger partial charge is 0.497 e. The summed E-state index contributed by atoms with van der Waals surface area (Å²) in [6.07, 6.45) is 0.746. The van der Waals surface area contributed by atoms with Gasteiger partial charge in [0, 0.05) is 26.2 Å². The molecule has 206 valence electrons. The molecule has 2 atom stereocenters. The van der Waals surface area contributed by atoms with E-state index in [0.29, 0.717) is 25.9 Å². The van der Waals surface area contributed by atoms with Gasteiger partial charge in [-0.15, -0.1) is 0 Å². The molecular formula is C29H39N3O6. The first-order chi connectivity index (χ1) is 18.1. The molecule has 0 saturated carbocycles. The van der Waals surface area contributed by atoms with Gasteiger partial charge in [0.15, 0.2) is 0 Å². The molecule has 0 aliphatic carbocycles. The molecule has 0 bridgehead atoms. The average Bonchev–Trinajstić information content (AvgIpc) is 3.35. The molecule has 1 fully saturated rings. The zero-order valence-corrected chi connectivity index (χ0v) is 22.9. The highest BCUT2D eigenvalue weighted by molar-refractivity contribution is 5.89. The summed E-state index contributed by atoms with van der Waals surface area (Å²) in [5.74, 6) is -0.294. The minimum atomic E-state index is -0.675. The van der Waals surface area contributed by atoms with E-state index in [9.17, 15) is 14.4 Å². The van der Waals surface area contributed by atoms with Gasteiger partial charge in [-0.1, -0.05) is 24.3 Å². The summed E-state index contributed by atoms with van der Waals surface area (Å²) in [5.41, 5.74) is 1.44. The van der Waals surface area contributed by atoms with Gasteiger partial charge in [0.1, 0.15) is 17.1 Å². The van der Waals surface area contributed by atoms with Crippen LogP contribution in [0.15, 0.2) is 48.5 Å². The lowest BCUT2D eigenvalue weighted by atomic mass is 9.94. The number of nitrogens with zero attached hydrogens (tertiary/aromatic N) is 1. The number of benzene rings is 2. The van der Waals surface area contributed by atoms with E-state index in [2.05, 4.69) is 10.6 Å². The van der Waals surface area contributed by atoms with Crippen molar-refractivity contribution in [2.24, 2.45) is 11.8 Å². The van der Waals surface area contributed by atoms with Crippen molar-refractivity contribution in [1.29, 1.82) is 0 Å². The maximum Gasteiger partial charge on any atom is 0.410 e. The topological polar surface area (TPSA) is 106 Å². The molecule has 2 N–H and O–H groups in total. The lowest BCUT2D eigenvalue weighted by Crippen LogP contribution is -2.42. The van der Waals surface area contributed by atoms with E-state index in [4.69, 9.17) is 14.2 Å². The third kappa shape index (κ3) is 8.39. The summed E-state index contributed by atoms with van der Waals surface area (Å²) < 4.78 is 15.9. The first kappa shape index (κ1) is 28.8. The highest BCUT2D eigenvalue weighted by Gasteiger charge is 2.44. The van der Waals surface area contributed by atoms with Crippen LogP contribution in [-0.2, 0) is 27.2 Å². The van der Waals surface area contributed by atoms with Gasteiger partial charge in [0.25, 0.3) is 0 Å². The Kier molecular flexibility index (Phi) is 9.98. The number of rotatable bonds is 10. The molecule has 3 rings (SSSR count). The maximum absolute atomic E-state index is 13.2. The van der Waals surface area contributed by atoms with Gasteiger partial charge in [-0.05, 0) is 69.0 Å². The smallest absolute Gasteiger partial charge is 0.410 e. The van der Waals surface area contributed by atoms with Crippen LogP contribution in [0.2, 0.25) is 0 Å². The molecule has 1 aliphatic heterocycles. The second-order valence-corrected chi connectivity index (χ2v) is 10.4. The minimum Gasteiger partial charge on any atom is -0.497 e. The summed E-state index contributed by atoms with van der Waals surface area (Å²) >= 11 is 0. The first-order valence-electron chi connectivity index (χ1n) is 12.9. The van der Waals surface area contributed by atoms with Crippen LogP contribution in [0.25, 0.3) is 0 Å². The van der Waals surface area contributed by atoms with Crippen LogP contribution < -0.4 is 20.1 Å². The molecule has 2 aromatic rings. The number of hydrogen-bond acceptors (Lipinski definition) is 6. The number of nitrogens with one attached hydrogen (secondary N) is 2. The van der Waals surface area contributed by atoms with Crippen molar-refractivity contribution < 1.29 is 28.6 Å². The Labute approximate surface area is 224 Å². The number of carbonyl (C=O) groups is 3. The molecule has 3 amide bonds. The maximum atomic E-state index is 13.2. The quantitative estimate of drug-likeness (QED) is 0.494. The molecule has 0 spiro atoms. The van der Waals surface area contributed by atoms with Gasteiger partial charge in [-0.25, -0.2) is 4.79 Å². The number of carbonyl (C=O) groups excluding carboxylic acids is 3. The van der Waals surface area contributed by atoms with Crippen molar-refractivity contribution >= 4 is 17.9 Å². The van der Waals surface area contributed by atoms with Gasteiger partial charge >= 0.3 is 6.09 Å². The van der Waals surface area contributed by atoms with Crippen LogP contribution >= 0.6 is 0 Å². The third-order valence-electron chi connectivity index (χ3n) is 6.39. The second kappa shape index (κ2) is 13.2. The predicted molar refractivity (Wildman–Crippen MR) is 144 cm³/mol. The Hall–Kier alpha value is -3.75. The van der Waals surface area contributed by atoms with Crippen molar-refractivity contribution in [1.82, 2.24) is 15.5 Å². The fourth-order valence-electron chi connectivity index (χ4n) is 4.32. The van der Waals surface area contributed by atoms with Crippen molar-refractivity contribution in [3.63, 3.8) is 0 Å². The van der Waals surface area contributed by atoms with E-state index in [1.54, 1.807) is 35.0 Å². The zero-order chi connectivity index (χ0) is 27.7. The van der Waals surface area contributed by atoms with Gasteiger partial charge < -0.3 is 29.7 Å². The summed E-state index contributed by atoms with van der Waals surface area (Å²) in [7, 11) is 3.23. The Balaban J connectivity index is 1.60. The number of amides is 3. The van der Waals surface area contributed by atoms with Crippen LogP contribution in [0, 0.1) is 11.8 Å². The van der Waals surface area contributed by atoms with E-state index in [-0.39, 0.29) is 24.9 Å². The molecule has 0 aromatic heterocycles. The molecule has 9 nitrogen and oxygen atoms in total. The zero-order valence-electron chi connectivity index (χ0n) is 22.9. The van der Waals surface area contributed by atoms with Crippen LogP contribution in [-0.4, -0.2) is 68.8 Å². The molecule has 2 unspecified atom stereocenters. The molecule has 0 radical (unpaired) electrons. The van der Waals surface area contributed by atoms with Crippen molar-refractivity contribution in [3.05, 3.63) is 59.7 Å². The number of hydrogen-bond donors (Lipinski definition) is 2. The summed E-state index contributed by atoms with van der Waals surface area (Å²) in [6, 6.07) is 15.3. The molecule has 2 aromatic carbocycles. The fraction of sp³-hybridized carbons (Fsp3) is 0.483. The van der Waals surface area contributed by atoms with E-state index in [0.717, 1.165) is 22.6 Å². The predicted octanol–water partition coefficient (Wildman–Crippen LogP) is 3.20. The van der Waals surface area contributed by atoms with E-state index >= 15 is 0 Å². The van der Waals surface area contributed by atoms with Gasteiger partial charge in [0.2, 0.25) is 11.8 Å². The standard InChI is InChI=1S/C29H39N3O6/c1-29(2,3)38-28(35)32-18-24(26(33)30-16-14-20-6-10-22(36-4)11-7-20)25(19-32)27(34)31-17-15-21-8-12-23(37-5)13-9-21/h6-13,24-25H,14-19H2,1-5H3,(H,30,33)(H,31,34). The highest BCUT2D eigenvalue weighted by Crippen LogP contribution is 2.26. The van der Waals surface area contributed by atoms with Gasteiger partial charge in [-0.3, -0.25) is 9.59 Å². The Bertz CT molecular complexity index is 1010. The number of likely N-dealkylation sites (tertiary alicyclic amines) is 1. The summed E-state index contributed by atoms with van der Waals surface area (Å²) in [5, 5.41) is 5.89. The second-order valence-electron chi connectivity index (χ2n) is 10.4. The Morgan fingerprint density at radius 3 is 1.50 bits per heavy atom. The molecule has 1 saturated heterocycles. The first-order valence-corrected chi connectivity index (χ1v) is 12.9. The van der Waals surface area contributed by atoms with Crippen molar-refractivity contribution in [2.45, 2.75) is 39.2 Å². The van der Waals surface area contributed by atoms with Crippen molar-refractivity contribution in [2.75, 3.05) is 40.4 Å². The van der Waals surface area contributed by atoms with Crippen LogP contribution in [0.1, 0.15) is 31.9 Å². The lowest BCUT2D eigenvalue weighted by Gasteiger charge is -2.24. The minimum absolute atomic E-state index is 0.125. The van der Waals surface area contributed by atoms with Crippen LogP contribution in [0.3, 0.4) is 0 Å². The van der Waals surface area contributed by atoms with Crippen LogP contribution in [0.4, 0.5) is 4.79 Å².